The van der Waals surface area contributed by atoms with Gasteiger partial charge in [0, 0.05) is 30.7 Å². The average Bonchev–Trinajstić information content (AvgIpc) is 2.78. The van der Waals surface area contributed by atoms with Crippen molar-refractivity contribution in [3.8, 4) is 0 Å². The molecular formula is C16H21N3. The van der Waals surface area contributed by atoms with E-state index in [4.69, 9.17) is 0 Å². The molecule has 2 aromatic rings. The lowest BCUT2D eigenvalue weighted by atomic mass is 10.2. The molecule has 2 heterocycles. The first-order chi connectivity index (χ1) is 9.34. The van der Waals surface area contributed by atoms with Crippen LogP contribution in [0.3, 0.4) is 0 Å². The molecule has 0 amide bonds. The van der Waals surface area contributed by atoms with Gasteiger partial charge >= 0.3 is 0 Å². The van der Waals surface area contributed by atoms with Gasteiger partial charge in [0.2, 0.25) is 0 Å². The smallest absolute Gasteiger partial charge is 0.0481 e. The standard InChI is InChI=1S/C16H21N3/c1-19-10-11(12-4-2-3-5-16(12)19)6-17-7-13-14-8-18-9-15(13)14/h2-5,10,13-15,17-18H,6-9H2,1H3. The van der Waals surface area contributed by atoms with Gasteiger partial charge in [-0.15, -0.1) is 0 Å². The summed E-state index contributed by atoms with van der Waals surface area (Å²) in [5, 5.41) is 8.50. The molecule has 0 radical (unpaired) electrons. The topological polar surface area (TPSA) is 29.0 Å². The van der Waals surface area contributed by atoms with E-state index >= 15 is 0 Å². The van der Waals surface area contributed by atoms with Gasteiger partial charge in [-0.3, -0.25) is 0 Å². The van der Waals surface area contributed by atoms with Crippen LogP contribution in [0.5, 0.6) is 0 Å². The molecule has 19 heavy (non-hydrogen) atoms. The number of nitrogens with one attached hydrogen (secondary N) is 2. The summed E-state index contributed by atoms with van der Waals surface area (Å²) in [6.45, 7) is 4.65. The van der Waals surface area contributed by atoms with E-state index in [2.05, 4.69) is 52.7 Å². The van der Waals surface area contributed by atoms with Crippen molar-refractivity contribution in [2.24, 2.45) is 24.8 Å². The molecule has 1 aromatic carbocycles. The molecule has 1 saturated heterocycles. The van der Waals surface area contributed by atoms with E-state index in [9.17, 15) is 0 Å². The minimum Gasteiger partial charge on any atom is -0.350 e. The number of fused-ring (bicyclic) bond motifs is 2. The van der Waals surface area contributed by atoms with Crippen molar-refractivity contribution in [2.45, 2.75) is 6.54 Å². The molecule has 4 rings (SSSR count). The fraction of sp³-hybridized carbons (Fsp3) is 0.500. The summed E-state index contributed by atoms with van der Waals surface area (Å²) in [7, 11) is 2.13. The van der Waals surface area contributed by atoms with E-state index < -0.39 is 0 Å². The van der Waals surface area contributed by atoms with Gasteiger partial charge in [-0.1, -0.05) is 18.2 Å². The lowest BCUT2D eigenvalue weighted by molar-refractivity contribution is 0.540. The number of hydrogen-bond acceptors (Lipinski definition) is 2. The third-order valence-corrected chi connectivity index (χ3v) is 4.94. The van der Waals surface area contributed by atoms with E-state index in [-0.39, 0.29) is 0 Å². The third-order valence-electron chi connectivity index (χ3n) is 4.94. The number of hydrogen-bond donors (Lipinski definition) is 2. The Morgan fingerprint density at radius 3 is 2.89 bits per heavy atom. The summed E-state index contributed by atoms with van der Waals surface area (Å²) in [6, 6.07) is 8.65. The Labute approximate surface area is 114 Å². The van der Waals surface area contributed by atoms with Gasteiger partial charge in [-0.2, -0.15) is 0 Å². The summed E-state index contributed by atoms with van der Waals surface area (Å²) >= 11 is 0. The zero-order valence-corrected chi connectivity index (χ0v) is 11.4. The molecule has 3 heteroatoms. The lowest BCUT2D eigenvalue weighted by Crippen LogP contribution is -2.23. The van der Waals surface area contributed by atoms with Crippen molar-refractivity contribution < 1.29 is 0 Å². The van der Waals surface area contributed by atoms with Gasteiger partial charge < -0.3 is 15.2 Å². The van der Waals surface area contributed by atoms with Crippen molar-refractivity contribution in [3.63, 3.8) is 0 Å². The summed E-state index contributed by atoms with van der Waals surface area (Å²) in [5.41, 5.74) is 2.74. The minimum absolute atomic E-state index is 0.927. The zero-order chi connectivity index (χ0) is 12.8. The van der Waals surface area contributed by atoms with Crippen LogP contribution in [0.1, 0.15) is 5.56 Å². The van der Waals surface area contributed by atoms with Gasteiger partial charge in [0.15, 0.2) is 0 Å². The van der Waals surface area contributed by atoms with Gasteiger partial charge in [-0.25, -0.2) is 0 Å². The minimum atomic E-state index is 0.927. The van der Waals surface area contributed by atoms with E-state index in [0.717, 1.165) is 24.3 Å². The first-order valence-electron chi connectivity index (χ1n) is 7.29. The van der Waals surface area contributed by atoms with Crippen LogP contribution in [0, 0.1) is 17.8 Å². The summed E-state index contributed by atoms with van der Waals surface area (Å²) < 4.78 is 2.22. The number of rotatable bonds is 4. The number of benzene rings is 1. The highest BCUT2D eigenvalue weighted by atomic mass is 15.0. The van der Waals surface area contributed by atoms with Crippen LogP contribution in [-0.2, 0) is 13.6 Å². The Hall–Kier alpha value is -1.32. The maximum atomic E-state index is 3.66. The first kappa shape index (κ1) is 11.5. The molecule has 0 bridgehead atoms. The Morgan fingerprint density at radius 2 is 2.05 bits per heavy atom. The summed E-state index contributed by atoms with van der Waals surface area (Å²) in [4.78, 5) is 0. The molecule has 2 N–H and O–H groups in total. The zero-order valence-electron chi connectivity index (χ0n) is 11.4. The highest BCUT2D eigenvalue weighted by Gasteiger charge is 2.51. The van der Waals surface area contributed by atoms with E-state index in [0.29, 0.717) is 0 Å². The van der Waals surface area contributed by atoms with Crippen LogP contribution in [-0.4, -0.2) is 24.2 Å². The van der Waals surface area contributed by atoms with E-state index in [1.54, 1.807) is 0 Å². The van der Waals surface area contributed by atoms with Crippen LogP contribution in [0.4, 0.5) is 0 Å². The van der Waals surface area contributed by atoms with Crippen LogP contribution in [0.2, 0.25) is 0 Å². The maximum absolute atomic E-state index is 3.66. The van der Waals surface area contributed by atoms with Crippen LogP contribution in [0.15, 0.2) is 30.5 Å². The lowest BCUT2D eigenvalue weighted by Gasteiger charge is -2.06. The SMILES string of the molecule is Cn1cc(CNCC2C3CNCC23)c2ccccc21. The molecule has 3 nitrogen and oxygen atoms in total. The average molecular weight is 255 g/mol. The summed E-state index contributed by atoms with van der Waals surface area (Å²) in [6.07, 6.45) is 2.26. The van der Waals surface area contributed by atoms with Crippen molar-refractivity contribution in [2.75, 3.05) is 19.6 Å². The number of aryl methyl sites for hydroxylation is 1. The Bertz CT molecular complexity index is 591. The molecule has 2 aliphatic rings. The van der Waals surface area contributed by atoms with Crippen molar-refractivity contribution in [1.29, 1.82) is 0 Å². The number of aromatic nitrogens is 1. The molecule has 1 saturated carbocycles. The first-order valence-corrected chi connectivity index (χ1v) is 7.29. The van der Waals surface area contributed by atoms with E-state index in [1.807, 2.05) is 0 Å². The van der Waals surface area contributed by atoms with Gasteiger partial charge in [0.05, 0.1) is 0 Å². The molecule has 100 valence electrons. The number of piperidine rings is 1. The van der Waals surface area contributed by atoms with Crippen LogP contribution >= 0.6 is 0 Å². The van der Waals surface area contributed by atoms with Gasteiger partial charge in [0.25, 0.3) is 0 Å². The van der Waals surface area contributed by atoms with Gasteiger partial charge in [0.1, 0.15) is 0 Å². The molecule has 2 atom stereocenters. The van der Waals surface area contributed by atoms with Gasteiger partial charge in [-0.05, 0) is 49.0 Å². The van der Waals surface area contributed by atoms with Crippen molar-refractivity contribution in [1.82, 2.24) is 15.2 Å². The van der Waals surface area contributed by atoms with E-state index in [1.165, 1.54) is 36.1 Å². The van der Waals surface area contributed by atoms with Crippen molar-refractivity contribution >= 4 is 10.9 Å². The molecule has 2 fully saturated rings. The fourth-order valence-corrected chi connectivity index (χ4v) is 3.79. The predicted octanol–water partition coefficient (Wildman–Crippen LogP) is 1.73. The molecule has 2 unspecified atom stereocenters. The van der Waals surface area contributed by atoms with Crippen molar-refractivity contribution in [3.05, 3.63) is 36.0 Å². The molecule has 1 aromatic heterocycles. The quantitative estimate of drug-likeness (QED) is 0.871. The number of nitrogens with zero attached hydrogens (tertiary/aromatic N) is 1. The maximum Gasteiger partial charge on any atom is 0.0481 e. The Balaban J connectivity index is 1.41. The highest BCUT2D eigenvalue weighted by Crippen LogP contribution is 2.48. The third kappa shape index (κ3) is 1.88. The largest absolute Gasteiger partial charge is 0.350 e. The Morgan fingerprint density at radius 1 is 1.26 bits per heavy atom. The normalized spacial score (nSPS) is 28.8. The highest BCUT2D eigenvalue weighted by molar-refractivity contribution is 5.83. The summed E-state index contributed by atoms with van der Waals surface area (Å²) in [5.74, 6) is 2.84. The second-order valence-electron chi connectivity index (χ2n) is 6.06. The number of para-hydroxylation sites is 1. The second kappa shape index (κ2) is 4.36. The predicted molar refractivity (Wildman–Crippen MR) is 78.0 cm³/mol. The molecule has 0 spiro atoms. The molecule has 1 aliphatic heterocycles. The van der Waals surface area contributed by atoms with Crippen LogP contribution in [0.25, 0.3) is 10.9 Å². The molecule has 1 aliphatic carbocycles. The molecular weight excluding hydrogens is 234 g/mol. The monoisotopic (exact) mass is 255 g/mol. The van der Waals surface area contributed by atoms with Crippen LogP contribution < -0.4 is 10.6 Å². The second-order valence-corrected chi connectivity index (χ2v) is 6.06. The Kier molecular flexibility index (Phi) is 2.64. The fourth-order valence-electron chi connectivity index (χ4n) is 3.79.